The molecule has 17 heteroatoms. The Hall–Kier alpha value is -4.86. The lowest BCUT2D eigenvalue weighted by Gasteiger charge is -2.19. The molecule has 1 heterocycles. The van der Waals surface area contributed by atoms with E-state index in [-0.39, 0.29) is 24.9 Å². The number of primary amides is 1. The molecule has 13 nitrogen and oxygen atoms in total. The van der Waals surface area contributed by atoms with E-state index < -0.39 is 48.2 Å². The van der Waals surface area contributed by atoms with Gasteiger partial charge >= 0.3 is 30.0 Å². The molecule has 0 aliphatic heterocycles. The van der Waals surface area contributed by atoms with Crippen LogP contribution in [0.5, 0.6) is 6.01 Å². The number of nitrogens with one attached hydrogen (secondary N) is 4. The predicted molar refractivity (Wildman–Crippen MR) is 149 cm³/mol. The van der Waals surface area contributed by atoms with Crippen molar-refractivity contribution in [1.29, 1.82) is 0 Å². The summed E-state index contributed by atoms with van der Waals surface area (Å²) < 4.78 is 43.3. The van der Waals surface area contributed by atoms with Gasteiger partial charge in [-0.1, -0.05) is 23.7 Å². The van der Waals surface area contributed by atoms with Gasteiger partial charge in [0.15, 0.2) is 6.61 Å². The number of rotatable bonds is 13. The zero-order valence-electron chi connectivity index (χ0n) is 22.2. The van der Waals surface area contributed by atoms with Crippen LogP contribution in [0.25, 0.3) is 0 Å². The number of ether oxygens (including phenoxy) is 1. The van der Waals surface area contributed by atoms with Crippen LogP contribution in [0, 0.1) is 0 Å². The number of hydrogen-bond donors (Lipinski definition) is 6. The number of aromatic nitrogens is 3. The van der Waals surface area contributed by atoms with Crippen LogP contribution >= 0.6 is 11.6 Å². The summed E-state index contributed by atoms with van der Waals surface area (Å²) in [5, 5.41) is 21.1. The van der Waals surface area contributed by atoms with Crippen molar-refractivity contribution in [1.82, 2.24) is 20.3 Å². The Labute approximate surface area is 247 Å². The van der Waals surface area contributed by atoms with Crippen LogP contribution in [0.4, 0.5) is 36.4 Å². The molecule has 1 fully saturated rings. The van der Waals surface area contributed by atoms with Crippen molar-refractivity contribution < 1.29 is 37.4 Å². The molecule has 1 atom stereocenters. The van der Waals surface area contributed by atoms with Gasteiger partial charge in [-0.25, -0.2) is 4.79 Å². The van der Waals surface area contributed by atoms with Crippen molar-refractivity contribution in [2.24, 2.45) is 5.73 Å². The monoisotopic (exact) mass is 622 g/mol. The first kappa shape index (κ1) is 31.1. The normalized spacial score (nSPS) is 14.2. The summed E-state index contributed by atoms with van der Waals surface area (Å²) in [6, 6.07) is 11.7. The van der Waals surface area contributed by atoms with Crippen molar-refractivity contribution >= 4 is 52.7 Å². The number of nitrogens with two attached hydrogens (primary N) is 1. The number of carboxylic acid groups (broad SMARTS) is 1. The molecule has 1 aliphatic carbocycles. The number of amides is 2. The molecule has 0 radical (unpaired) electrons. The van der Waals surface area contributed by atoms with Crippen LogP contribution in [0.1, 0.15) is 24.8 Å². The molecular formula is C26H26ClF3N8O5. The maximum atomic E-state index is 12.8. The van der Waals surface area contributed by atoms with Gasteiger partial charge in [0, 0.05) is 22.9 Å². The predicted octanol–water partition coefficient (Wildman–Crippen LogP) is 3.17. The van der Waals surface area contributed by atoms with Gasteiger partial charge in [0.2, 0.25) is 11.9 Å². The maximum Gasteiger partial charge on any atom is 0.422 e. The van der Waals surface area contributed by atoms with Crippen LogP contribution in [-0.2, 0) is 19.9 Å². The molecule has 2 aromatic carbocycles. The number of carboxylic acids is 1. The van der Waals surface area contributed by atoms with E-state index in [1.54, 1.807) is 36.4 Å². The molecule has 0 bridgehead atoms. The summed E-state index contributed by atoms with van der Waals surface area (Å²) in [5.41, 5.74) is 6.06. The standard InChI is InChI=1S/C26H26ClF3N8O5/c27-15-3-1-14(2-4-15)25(10-11-25)38-23-35-22(36-24(37-23)43-13-26(28,29)30)34-17-7-5-16(6-8-17)33-18(21(41)42)9-12-32-20(40)19(31)39/h1-8,18,33H,9-13H2,(H2,31,39)(H,32,40)(H,41,42)(H2,34,35,36,37,38)/t18-/m0/s1. The second-order valence-electron chi connectivity index (χ2n) is 9.53. The molecule has 1 aromatic heterocycles. The summed E-state index contributed by atoms with van der Waals surface area (Å²) in [6.07, 6.45) is -3.21. The van der Waals surface area contributed by atoms with Crippen molar-refractivity contribution in [2.45, 2.75) is 37.0 Å². The first-order chi connectivity index (χ1) is 20.3. The topological polar surface area (TPSA) is 193 Å². The fourth-order valence-corrected chi connectivity index (χ4v) is 4.05. The molecule has 4 rings (SSSR count). The van der Waals surface area contributed by atoms with Crippen LogP contribution in [0.3, 0.4) is 0 Å². The van der Waals surface area contributed by atoms with E-state index in [0.717, 1.165) is 18.4 Å². The van der Waals surface area contributed by atoms with Crippen LogP contribution in [0.2, 0.25) is 5.02 Å². The molecule has 7 N–H and O–H groups in total. The first-order valence-electron chi connectivity index (χ1n) is 12.8. The smallest absolute Gasteiger partial charge is 0.422 e. The van der Waals surface area contributed by atoms with Crippen molar-refractivity contribution in [2.75, 3.05) is 29.1 Å². The SMILES string of the molecule is NC(=O)C(=O)NCC[C@H](Nc1ccc(Nc2nc(NC3(c4ccc(Cl)cc4)CC3)nc(OCC(F)(F)F)n2)cc1)C(=O)O. The van der Waals surface area contributed by atoms with E-state index in [2.05, 4.69) is 36.2 Å². The molecular weight excluding hydrogens is 597 g/mol. The van der Waals surface area contributed by atoms with Gasteiger partial charge in [-0.2, -0.15) is 28.1 Å². The third kappa shape index (κ3) is 9.06. The van der Waals surface area contributed by atoms with Gasteiger partial charge in [0.1, 0.15) is 6.04 Å². The minimum Gasteiger partial charge on any atom is -0.480 e. The number of benzene rings is 2. The summed E-state index contributed by atoms with van der Waals surface area (Å²) in [7, 11) is 0. The molecule has 1 aliphatic rings. The minimum atomic E-state index is -4.61. The number of aliphatic carboxylic acids is 1. The van der Waals surface area contributed by atoms with Gasteiger partial charge in [-0.15, -0.1) is 0 Å². The Morgan fingerprint density at radius 2 is 1.63 bits per heavy atom. The maximum absolute atomic E-state index is 12.8. The average molecular weight is 623 g/mol. The lowest BCUT2D eigenvalue weighted by molar-refractivity contribution is -0.154. The molecule has 0 unspecified atom stereocenters. The highest BCUT2D eigenvalue weighted by Crippen LogP contribution is 2.48. The van der Waals surface area contributed by atoms with Crippen LogP contribution < -0.4 is 31.7 Å². The Morgan fingerprint density at radius 1 is 1.00 bits per heavy atom. The Balaban J connectivity index is 1.47. The number of carbonyl (C=O) groups excluding carboxylic acids is 2. The van der Waals surface area contributed by atoms with Gasteiger partial charge in [0.05, 0.1) is 5.54 Å². The fraction of sp³-hybridized carbons (Fsp3) is 0.308. The van der Waals surface area contributed by atoms with Crippen LogP contribution in [-0.4, -0.2) is 63.2 Å². The van der Waals surface area contributed by atoms with E-state index in [1.807, 2.05) is 12.1 Å². The molecule has 1 saturated carbocycles. The quantitative estimate of drug-likeness (QED) is 0.153. The number of anilines is 4. The zero-order chi connectivity index (χ0) is 31.2. The van der Waals surface area contributed by atoms with Gasteiger partial charge in [-0.3, -0.25) is 9.59 Å². The Morgan fingerprint density at radius 3 is 2.21 bits per heavy atom. The van der Waals surface area contributed by atoms with E-state index in [1.165, 1.54) is 0 Å². The minimum absolute atomic E-state index is 0.00635. The lowest BCUT2D eigenvalue weighted by Crippen LogP contribution is -2.39. The molecule has 43 heavy (non-hydrogen) atoms. The van der Waals surface area contributed by atoms with E-state index in [0.29, 0.717) is 16.4 Å². The average Bonchev–Trinajstić information content (AvgIpc) is 3.72. The van der Waals surface area contributed by atoms with Crippen molar-refractivity contribution in [3.63, 3.8) is 0 Å². The Bertz CT molecular complexity index is 1470. The summed E-state index contributed by atoms with van der Waals surface area (Å²) >= 11 is 5.99. The van der Waals surface area contributed by atoms with Crippen molar-refractivity contribution in [3.05, 3.63) is 59.1 Å². The number of carbonyl (C=O) groups is 3. The number of hydrogen-bond acceptors (Lipinski definition) is 10. The summed E-state index contributed by atoms with van der Waals surface area (Å²) in [6.45, 7) is -1.71. The highest BCUT2D eigenvalue weighted by Gasteiger charge is 2.45. The third-order valence-electron chi connectivity index (χ3n) is 6.20. The highest BCUT2D eigenvalue weighted by molar-refractivity contribution is 6.34. The first-order valence-corrected chi connectivity index (χ1v) is 13.1. The third-order valence-corrected chi connectivity index (χ3v) is 6.45. The molecule has 228 valence electrons. The van der Waals surface area contributed by atoms with Crippen LogP contribution in [0.15, 0.2) is 48.5 Å². The van der Waals surface area contributed by atoms with Gasteiger partial charge in [0.25, 0.3) is 0 Å². The fourth-order valence-electron chi connectivity index (χ4n) is 3.93. The van der Waals surface area contributed by atoms with E-state index in [4.69, 9.17) is 22.1 Å². The zero-order valence-corrected chi connectivity index (χ0v) is 23.0. The summed E-state index contributed by atoms with van der Waals surface area (Å²) in [5.74, 6) is -3.51. The second kappa shape index (κ2) is 13.0. The second-order valence-corrected chi connectivity index (χ2v) is 9.97. The van der Waals surface area contributed by atoms with Gasteiger partial charge in [-0.05, 0) is 61.2 Å². The van der Waals surface area contributed by atoms with E-state index in [9.17, 15) is 32.7 Å². The number of alkyl halides is 3. The lowest BCUT2D eigenvalue weighted by atomic mass is 10.1. The molecule has 3 aromatic rings. The Kier molecular flexibility index (Phi) is 9.38. The van der Waals surface area contributed by atoms with Crippen molar-refractivity contribution in [3.8, 4) is 6.01 Å². The van der Waals surface area contributed by atoms with Gasteiger partial charge < -0.3 is 36.8 Å². The highest BCUT2D eigenvalue weighted by atomic mass is 35.5. The number of halogens is 4. The van der Waals surface area contributed by atoms with E-state index >= 15 is 0 Å². The largest absolute Gasteiger partial charge is 0.480 e. The number of nitrogens with zero attached hydrogens (tertiary/aromatic N) is 3. The molecule has 0 spiro atoms. The molecule has 0 saturated heterocycles. The molecule has 2 amide bonds. The summed E-state index contributed by atoms with van der Waals surface area (Å²) in [4.78, 5) is 46.0.